The molecule has 298 valence electrons. The van der Waals surface area contributed by atoms with Crippen LogP contribution < -0.4 is 15.4 Å². The standard InChI is InChI=1S/C40H52FN5O8S/c1-5-26-13-11-16-30(19-26)55(51,52)44-37(49)40-21-28(40)15-9-7-6-8-10-18-33(42-25-53-39(2,3)4)36(48)46-23-29(20-34(46)35(47)43-40)54-38(50)45-22-27-14-12-17-32(41)31(27)24-45/h9,11-17,19,28-29,33-34,42H,5-8,10,18,20-25H2,1-4H3,(H,43,47)(H,44,49)/b15-9-/t28-,29-,33+,34+,40-/m1/s1. The van der Waals surface area contributed by atoms with Crippen LogP contribution in [0.15, 0.2) is 59.5 Å². The molecule has 0 aromatic heterocycles. The number of halogens is 1. The molecule has 3 heterocycles. The zero-order chi connectivity index (χ0) is 39.5. The highest BCUT2D eigenvalue weighted by Gasteiger charge is 2.61. The maximum absolute atomic E-state index is 14.5. The third-order valence-corrected chi connectivity index (χ3v) is 12.1. The Morgan fingerprint density at radius 1 is 1.07 bits per heavy atom. The Labute approximate surface area is 322 Å². The average Bonchev–Trinajstić information content (AvgIpc) is 3.42. The van der Waals surface area contributed by atoms with Gasteiger partial charge in [0.1, 0.15) is 23.5 Å². The van der Waals surface area contributed by atoms with Gasteiger partial charge in [-0.15, -0.1) is 0 Å². The maximum atomic E-state index is 14.5. The number of allylic oxidation sites excluding steroid dienone is 1. The molecule has 4 amide bonds. The van der Waals surface area contributed by atoms with E-state index in [0.717, 1.165) is 24.8 Å². The summed E-state index contributed by atoms with van der Waals surface area (Å²) in [6, 6.07) is 9.11. The van der Waals surface area contributed by atoms with Gasteiger partial charge in [0.15, 0.2) is 0 Å². The first-order chi connectivity index (χ1) is 26.1. The van der Waals surface area contributed by atoms with E-state index in [1.54, 1.807) is 24.3 Å². The zero-order valence-corrected chi connectivity index (χ0v) is 32.8. The lowest BCUT2D eigenvalue weighted by atomic mass is 10.1. The van der Waals surface area contributed by atoms with Crippen LogP contribution in [0.3, 0.4) is 0 Å². The number of amides is 4. The molecule has 1 saturated carbocycles. The third kappa shape index (κ3) is 9.38. The van der Waals surface area contributed by atoms with Crippen molar-refractivity contribution in [3.63, 3.8) is 0 Å². The van der Waals surface area contributed by atoms with Crippen LogP contribution in [0.5, 0.6) is 0 Å². The van der Waals surface area contributed by atoms with Gasteiger partial charge in [-0.05, 0) is 82.2 Å². The predicted octanol–water partition coefficient (Wildman–Crippen LogP) is 4.44. The first-order valence-corrected chi connectivity index (χ1v) is 20.6. The van der Waals surface area contributed by atoms with Gasteiger partial charge in [-0.1, -0.05) is 56.2 Å². The van der Waals surface area contributed by atoms with Gasteiger partial charge in [0, 0.05) is 24.4 Å². The van der Waals surface area contributed by atoms with Gasteiger partial charge in [-0.2, -0.15) is 0 Å². The molecule has 0 unspecified atom stereocenters. The number of sulfonamides is 1. The number of benzene rings is 2. The van der Waals surface area contributed by atoms with Crippen molar-refractivity contribution in [1.29, 1.82) is 0 Å². The van der Waals surface area contributed by atoms with E-state index in [1.165, 1.54) is 28.0 Å². The van der Waals surface area contributed by atoms with Gasteiger partial charge < -0.3 is 19.7 Å². The highest BCUT2D eigenvalue weighted by molar-refractivity contribution is 7.90. The first kappa shape index (κ1) is 40.3. The lowest BCUT2D eigenvalue weighted by Crippen LogP contribution is -2.58. The minimum Gasteiger partial charge on any atom is -0.444 e. The van der Waals surface area contributed by atoms with Crippen molar-refractivity contribution in [1.82, 2.24) is 25.2 Å². The van der Waals surface area contributed by atoms with Crippen molar-refractivity contribution in [2.45, 2.75) is 126 Å². The number of carbonyl (C=O) groups is 4. The molecule has 1 aliphatic carbocycles. The minimum absolute atomic E-state index is 0.0259. The molecular weight excluding hydrogens is 730 g/mol. The van der Waals surface area contributed by atoms with Gasteiger partial charge in [-0.25, -0.2) is 22.3 Å². The lowest BCUT2D eigenvalue weighted by molar-refractivity contribution is -0.142. The molecule has 0 radical (unpaired) electrons. The molecule has 55 heavy (non-hydrogen) atoms. The molecule has 13 nitrogen and oxygen atoms in total. The number of nitrogens with one attached hydrogen (secondary N) is 3. The minimum atomic E-state index is -4.29. The average molecular weight is 782 g/mol. The van der Waals surface area contributed by atoms with Crippen molar-refractivity contribution in [3.8, 4) is 0 Å². The monoisotopic (exact) mass is 781 g/mol. The SMILES string of the molecule is CCc1cccc(S(=O)(=O)NC(=O)[C@@]23C[C@H]2/C=C\CCCCC[C@H](NCOC(C)(C)C)C(=O)N2C[C@H](OC(=O)N4Cc5cccc(F)c5C4)C[C@H]2C(=O)N3)c1. The molecule has 4 aliphatic rings. The number of hydrogen-bond donors (Lipinski definition) is 3. The summed E-state index contributed by atoms with van der Waals surface area (Å²) in [6.07, 6.45) is 6.42. The Kier molecular flexibility index (Phi) is 12.0. The normalized spacial score (nSPS) is 26.5. The van der Waals surface area contributed by atoms with Crippen LogP contribution in [-0.2, 0) is 53.4 Å². The Hall–Kier alpha value is -4.34. The van der Waals surface area contributed by atoms with E-state index in [1.807, 2.05) is 39.8 Å². The number of hydrogen-bond acceptors (Lipinski definition) is 9. The molecule has 1 saturated heterocycles. The van der Waals surface area contributed by atoms with E-state index in [9.17, 15) is 32.0 Å². The van der Waals surface area contributed by atoms with E-state index < -0.39 is 69.0 Å². The van der Waals surface area contributed by atoms with E-state index in [-0.39, 0.29) is 50.0 Å². The van der Waals surface area contributed by atoms with E-state index in [4.69, 9.17) is 9.47 Å². The van der Waals surface area contributed by atoms with E-state index in [2.05, 4.69) is 15.4 Å². The van der Waals surface area contributed by atoms with Crippen LogP contribution in [0.4, 0.5) is 9.18 Å². The Balaban J connectivity index is 1.25. The van der Waals surface area contributed by atoms with Crippen LogP contribution in [0.2, 0.25) is 0 Å². The molecule has 0 spiro atoms. The van der Waals surface area contributed by atoms with E-state index in [0.29, 0.717) is 30.4 Å². The van der Waals surface area contributed by atoms with Crippen LogP contribution in [0.25, 0.3) is 0 Å². The number of nitrogens with zero attached hydrogens (tertiary/aromatic N) is 2. The topological polar surface area (TPSA) is 163 Å². The number of fused-ring (bicyclic) bond motifs is 3. The van der Waals surface area contributed by atoms with E-state index >= 15 is 0 Å². The van der Waals surface area contributed by atoms with Crippen LogP contribution in [0, 0.1) is 11.7 Å². The fourth-order valence-electron chi connectivity index (χ4n) is 7.51. The maximum Gasteiger partial charge on any atom is 0.410 e. The number of ether oxygens (including phenoxy) is 2. The third-order valence-electron chi connectivity index (χ3n) is 10.8. The van der Waals surface area contributed by atoms with Crippen molar-refractivity contribution in [3.05, 3.63) is 77.1 Å². The van der Waals surface area contributed by atoms with Gasteiger partial charge in [0.05, 0.1) is 36.4 Å². The van der Waals surface area contributed by atoms with Crippen LogP contribution >= 0.6 is 0 Å². The summed E-state index contributed by atoms with van der Waals surface area (Å²) in [5.74, 6) is -2.83. The molecule has 6 rings (SSSR count). The second-order valence-corrected chi connectivity index (χ2v) is 17.6. The largest absolute Gasteiger partial charge is 0.444 e. The summed E-state index contributed by atoms with van der Waals surface area (Å²) in [4.78, 5) is 58.9. The second-order valence-electron chi connectivity index (χ2n) is 15.9. The summed E-state index contributed by atoms with van der Waals surface area (Å²) in [5.41, 5.74) is -0.193. The summed E-state index contributed by atoms with van der Waals surface area (Å²) in [5, 5.41) is 6.07. The smallest absolute Gasteiger partial charge is 0.410 e. The van der Waals surface area contributed by atoms with Gasteiger partial charge in [0.25, 0.3) is 15.9 Å². The van der Waals surface area contributed by atoms with Crippen molar-refractivity contribution in [2.24, 2.45) is 5.92 Å². The van der Waals surface area contributed by atoms with Crippen molar-refractivity contribution < 1.29 is 41.5 Å². The summed E-state index contributed by atoms with van der Waals surface area (Å²) in [6.45, 7) is 7.76. The molecule has 2 aromatic rings. The fraction of sp³-hybridized carbons (Fsp3) is 0.550. The fourth-order valence-corrected chi connectivity index (χ4v) is 8.62. The quantitative estimate of drug-likeness (QED) is 0.260. The highest BCUT2D eigenvalue weighted by Crippen LogP contribution is 2.46. The van der Waals surface area contributed by atoms with Gasteiger partial charge >= 0.3 is 6.09 Å². The molecule has 3 aliphatic heterocycles. The number of carbonyl (C=O) groups excluding carboxylic acids is 4. The Bertz CT molecular complexity index is 1930. The molecule has 2 aromatic carbocycles. The second kappa shape index (κ2) is 16.4. The van der Waals surface area contributed by atoms with Crippen LogP contribution in [0.1, 0.15) is 89.3 Å². The molecule has 5 atom stereocenters. The summed E-state index contributed by atoms with van der Waals surface area (Å²) < 4.78 is 55.3. The zero-order valence-electron chi connectivity index (χ0n) is 31.9. The predicted molar refractivity (Wildman–Crippen MR) is 201 cm³/mol. The number of rotatable bonds is 8. The Morgan fingerprint density at radius 3 is 2.60 bits per heavy atom. The molecular formula is C40H52FN5O8S. The highest BCUT2D eigenvalue weighted by atomic mass is 32.2. The molecule has 15 heteroatoms. The summed E-state index contributed by atoms with van der Waals surface area (Å²) >= 11 is 0. The lowest BCUT2D eigenvalue weighted by Gasteiger charge is -2.30. The van der Waals surface area contributed by atoms with Crippen molar-refractivity contribution >= 4 is 33.8 Å². The molecule has 0 bridgehead atoms. The summed E-state index contributed by atoms with van der Waals surface area (Å²) in [7, 11) is -4.29. The van der Waals surface area contributed by atoms with Crippen LogP contribution in [-0.4, -0.2) is 84.6 Å². The molecule has 3 N–H and O–H groups in total. The first-order valence-electron chi connectivity index (χ1n) is 19.1. The van der Waals surface area contributed by atoms with Crippen molar-refractivity contribution in [2.75, 3.05) is 13.3 Å². The Morgan fingerprint density at radius 2 is 1.85 bits per heavy atom. The van der Waals surface area contributed by atoms with Gasteiger partial charge in [0.2, 0.25) is 11.8 Å². The van der Waals surface area contributed by atoms with Gasteiger partial charge in [-0.3, -0.25) is 24.6 Å². The number of aryl methyl sites for hydroxylation is 1. The molecule has 2 fully saturated rings.